The molecule has 0 bridgehead atoms. The number of carbonyl (C=O) groups is 1. The van der Waals surface area contributed by atoms with Gasteiger partial charge in [0, 0.05) is 12.1 Å². The average molecular weight is 356 g/mol. The van der Waals surface area contributed by atoms with Crippen LogP contribution in [0.5, 0.6) is 0 Å². The minimum Gasteiger partial charge on any atom is -0.478 e. The Labute approximate surface area is 147 Å². The summed E-state index contributed by atoms with van der Waals surface area (Å²) < 4.78 is 28.0. The second-order valence-electron chi connectivity index (χ2n) is 5.39. The maximum Gasteiger partial charge on any atom is 0.340 e. The van der Waals surface area contributed by atoms with Gasteiger partial charge in [0.25, 0.3) is 0 Å². The highest BCUT2D eigenvalue weighted by Crippen LogP contribution is 2.32. The van der Waals surface area contributed by atoms with Gasteiger partial charge in [0.05, 0.1) is 0 Å². The highest BCUT2D eigenvalue weighted by Gasteiger charge is 2.25. The molecule has 0 saturated carbocycles. The Bertz CT molecular complexity index is 916. The lowest BCUT2D eigenvalue weighted by Crippen LogP contribution is -2.12. The molecular weight excluding hydrogens is 342 g/mol. The normalized spacial score (nSPS) is 10.6. The van der Waals surface area contributed by atoms with E-state index < -0.39 is 17.6 Å². The summed E-state index contributed by atoms with van der Waals surface area (Å²) in [5.74, 6) is -2.10. The van der Waals surface area contributed by atoms with Crippen molar-refractivity contribution in [3.63, 3.8) is 0 Å². The van der Waals surface area contributed by atoms with Gasteiger partial charge in [-0.15, -0.1) is 5.10 Å². The number of nitrogens with zero attached hydrogens (tertiary/aromatic N) is 4. The highest BCUT2D eigenvalue weighted by atomic mass is 19.1. The first-order chi connectivity index (χ1) is 12.5. The Morgan fingerprint density at radius 3 is 1.92 bits per heavy atom. The molecule has 26 heavy (non-hydrogen) atoms. The fourth-order valence-corrected chi connectivity index (χ4v) is 2.60. The van der Waals surface area contributed by atoms with Gasteiger partial charge in [0.2, 0.25) is 0 Å². The zero-order valence-corrected chi connectivity index (χ0v) is 13.7. The molecule has 0 spiro atoms. The Balaban J connectivity index is 2.35. The van der Waals surface area contributed by atoms with Gasteiger partial charge in [-0.1, -0.05) is 24.3 Å². The van der Waals surface area contributed by atoms with E-state index in [-0.39, 0.29) is 17.0 Å². The molecule has 3 rings (SSSR count). The third kappa shape index (κ3) is 3.34. The van der Waals surface area contributed by atoms with Gasteiger partial charge >= 0.3 is 5.97 Å². The van der Waals surface area contributed by atoms with Crippen molar-refractivity contribution in [2.75, 3.05) is 0 Å². The monoisotopic (exact) mass is 356 g/mol. The molecule has 6 nitrogen and oxygen atoms in total. The van der Waals surface area contributed by atoms with Gasteiger partial charge in [0.15, 0.2) is 5.82 Å². The Hall–Kier alpha value is -3.42. The number of hydrogen-bond donors (Lipinski definition) is 1. The van der Waals surface area contributed by atoms with E-state index in [1.807, 2.05) is 0 Å². The quantitative estimate of drug-likeness (QED) is 0.711. The molecule has 1 heterocycles. The van der Waals surface area contributed by atoms with Crippen molar-refractivity contribution in [3.05, 3.63) is 77.1 Å². The number of tetrazole rings is 1. The summed E-state index contributed by atoms with van der Waals surface area (Å²) in [5, 5.41) is 21.0. The van der Waals surface area contributed by atoms with Crippen LogP contribution in [0.4, 0.5) is 8.78 Å². The Kier molecular flexibility index (Phi) is 4.83. The molecule has 2 aromatic carbocycles. The fraction of sp³-hybridized carbons (Fsp3) is 0.111. The summed E-state index contributed by atoms with van der Waals surface area (Å²) >= 11 is 0. The summed E-state index contributed by atoms with van der Waals surface area (Å²) in [6, 6.07) is 10.7. The van der Waals surface area contributed by atoms with Crippen LogP contribution in [-0.2, 0) is 11.3 Å². The fourth-order valence-electron chi connectivity index (χ4n) is 2.60. The van der Waals surface area contributed by atoms with Crippen LogP contribution in [0.1, 0.15) is 23.9 Å². The van der Waals surface area contributed by atoms with Crippen molar-refractivity contribution in [2.24, 2.45) is 0 Å². The lowest BCUT2D eigenvalue weighted by molar-refractivity contribution is -0.130. The lowest BCUT2D eigenvalue weighted by atomic mass is 9.92. The van der Waals surface area contributed by atoms with Crippen molar-refractivity contribution >= 4 is 17.1 Å². The van der Waals surface area contributed by atoms with E-state index in [9.17, 15) is 18.7 Å². The van der Waals surface area contributed by atoms with Crippen LogP contribution in [0.15, 0.2) is 48.5 Å². The molecule has 0 unspecified atom stereocenters. The number of aliphatic carboxylic acids is 1. The minimum atomic E-state index is -1.25. The zero-order chi connectivity index (χ0) is 18.7. The van der Waals surface area contributed by atoms with Crippen molar-refractivity contribution in [3.8, 4) is 0 Å². The molecule has 1 N–H and O–H groups in total. The largest absolute Gasteiger partial charge is 0.478 e. The molecule has 8 heteroatoms. The number of hydrogen-bond acceptors (Lipinski definition) is 4. The van der Waals surface area contributed by atoms with Crippen LogP contribution in [0, 0.1) is 11.6 Å². The maximum absolute atomic E-state index is 13.3. The van der Waals surface area contributed by atoms with E-state index in [4.69, 9.17) is 0 Å². The Morgan fingerprint density at radius 1 is 1.00 bits per heavy atom. The smallest absolute Gasteiger partial charge is 0.340 e. The highest BCUT2D eigenvalue weighted by molar-refractivity contribution is 6.25. The van der Waals surface area contributed by atoms with Crippen LogP contribution in [-0.4, -0.2) is 31.3 Å². The molecule has 3 aromatic rings. The second-order valence-corrected chi connectivity index (χ2v) is 5.39. The van der Waals surface area contributed by atoms with Gasteiger partial charge in [-0.05, 0) is 52.7 Å². The van der Waals surface area contributed by atoms with Crippen LogP contribution in [0.25, 0.3) is 11.1 Å². The lowest BCUT2D eigenvalue weighted by Gasteiger charge is -2.13. The number of carboxylic acid groups (broad SMARTS) is 1. The van der Waals surface area contributed by atoms with Crippen LogP contribution in [0.2, 0.25) is 0 Å². The van der Waals surface area contributed by atoms with E-state index in [0.29, 0.717) is 17.7 Å². The zero-order valence-electron chi connectivity index (χ0n) is 13.7. The second kappa shape index (κ2) is 7.22. The molecule has 0 fully saturated rings. The molecule has 0 radical (unpaired) electrons. The molecule has 0 saturated heterocycles. The van der Waals surface area contributed by atoms with E-state index >= 15 is 0 Å². The van der Waals surface area contributed by atoms with E-state index in [1.165, 1.54) is 53.2 Å². The molecule has 0 aliphatic heterocycles. The van der Waals surface area contributed by atoms with E-state index in [2.05, 4.69) is 15.5 Å². The summed E-state index contributed by atoms with van der Waals surface area (Å²) in [6.45, 7) is 2.13. The SMILES string of the molecule is CCn1nnnc1C(C(=O)O)=C(c1ccc(F)cc1)c1ccc(F)cc1. The van der Waals surface area contributed by atoms with Crippen molar-refractivity contribution in [1.29, 1.82) is 0 Å². The van der Waals surface area contributed by atoms with E-state index in [1.54, 1.807) is 6.92 Å². The standard InChI is InChI=1S/C18H14F2N4O2/c1-2-24-17(21-22-23-24)16(18(25)26)15(11-3-7-13(19)8-4-11)12-5-9-14(20)10-6-12/h3-10H,2H2,1H3,(H,25,26). The number of aromatic nitrogens is 4. The number of benzene rings is 2. The van der Waals surface area contributed by atoms with Gasteiger partial charge < -0.3 is 5.11 Å². The van der Waals surface area contributed by atoms with Gasteiger partial charge in [0.1, 0.15) is 17.2 Å². The first kappa shape index (κ1) is 17.4. The molecule has 0 aliphatic rings. The number of rotatable bonds is 5. The third-order valence-electron chi connectivity index (χ3n) is 3.78. The average Bonchev–Trinajstić information content (AvgIpc) is 3.09. The number of halogens is 2. The number of carboxylic acids is 1. The van der Waals surface area contributed by atoms with Crippen molar-refractivity contribution < 1.29 is 18.7 Å². The van der Waals surface area contributed by atoms with Crippen molar-refractivity contribution in [1.82, 2.24) is 20.2 Å². The van der Waals surface area contributed by atoms with Crippen LogP contribution < -0.4 is 0 Å². The Morgan fingerprint density at radius 2 is 1.50 bits per heavy atom. The van der Waals surface area contributed by atoms with Crippen molar-refractivity contribution in [2.45, 2.75) is 13.5 Å². The maximum atomic E-state index is 13.3. The third-order valence-corrected chi connectivity index (χ3v) is 3.78. The van der Waals surface area contributed by atoms with Gasteiger partial charge in [-0.2, -0.15) is 0 Å². The number of aryl methyl sites for hydroxylation is 1. The first-order valence-electron chi connectivity index (χ1n) is 7.77. The van der Waals surface area contributed by atoms with Gasteiger partial charge in [-0.25, -0.2) is 18.3 Å². The minimum absolute atomic E-state index is 0.0589. The predicted octanol–water partition coefficient (Wildman–Crippen LogP) is 3.01. The topological polar surface area (TPSA) is 80.9 Å². The first-order valence-corrected chi connectivity index (χ1v) is 7.77. The molecule has 0 amide bonds. The summed E-state index contributed by atoms with van der Waals surface area (Å²) in [4.78, 5) is 12.1. The molecular formula is C18H14F2N4O2. The molecule has 132 valence electrons. The van der Waals surface area contributed by atoms with Crippen LogP contribution in [0.3, 0.4) is 0 Å². The summed E-state index contributed by atoms with van der Waals surface area (Å²) in [5.41, 5.74) is 0.999. The molecule has 1 aromatic heterocycles. The molecule has 0 atom stereocenters. The van der Waals surface area contributed by atoms with E-state index in [0.717, 1.165) is 0 Å². The molecule has 0 aliphatic carbocycles. The summed E-state index contributed by atoms with van der Waals surface area (Å²) in [6.07, 6.45) is 0. The summed E-state index contributed by atoms with van der Waals surface area (Å²) in [7, 11) is 0. The predicted molar refractivity (Wildman–Crippen MR) is 89.8 cm³/mol. The van der Waals surface area contributed by atoms with Crippen LogP contribution >= 0.6 is 0 Å². The van der Waals surface area contributed by atoms with Gasteiger partial charge in [-0.3, -0.25) is 0 Å².